The van der Waals surface area contributed by atoms with Crippen molar-refractivity contribution in [3.05, 3.63) is 24.3 Å². The number of morpholine rings is 1. The summed E-state index contributed by atoms with van der Waals surface area (Å²) in [5.41, 5.74) is 2.07. The van der Waals surface area contributed by atoms with Gasteiger partial charge in [-0.25, -0.2) is 0 Å². The van der Waals surface area contributed by atoms with Gasteiger partial charge in [0.1, 0.15) is 0 Å². The first-order valence-electron chi connectivity index (χ1n) is 9.72. The highest BCUT2D eigenvalue weighted by molar-refractivity contribution is 5.94. The van der Waals surface area contributed by atoms with Crippen LogP contribution in [0.3, 0.4) is 0 Å². The molecule has 1 atom stereocenters. The number of carbonyl (C=O) groups is 1. The number of anilines is 2. The van der Waals surface area contributed by atoms with Gasteiger partial charge in [0.2, 0.25) is 5.91 Å². The molecule has 0 radical (unpaired) electrons. The molecule has 2 aliphatic heterocycles. The molecule has 0 saturated carbocycles. The lowest BCUT2D eigenvalue weighted by atomic mass is 10.1. The number of carbonyl (C=O) groups excluding carboxylic acids is 1. The van der Waals surface area contributed by atoms with E-state index in [1.54, 1.807) is 0 Å². The van der Waals surface area contributed by atoms with Crippen molar-refractivity contribution in [2.24, 2.45) is 0 Å². The summed E-state index contributed by atoms with van der Waals surface area (Å²) in [6, 6.07) is 8.10. The molecule has 2 fully saturated rings. The van der Waals surface area contributed by atoms with E-state index < -0.39 is 0 Å². The Labute approximate surface area is 151 Å². The Hall–Kier alpha value is -1.59. The van der Waals surface area contributed by atoms with Crippen LogP contribution >= 0.6 is 0 Å². The van der Waals surface area contributed by atoms with Crippen LogP contribution in [0.15, 0.2) is 24.3 Å². The fourth-order valence-electron chi connectivity index (χ4n) is 3.65. The third kappa shape index (κ3) is 5.19. The highest BCUT2D eigenvalue weighted by Crippen LogP contribution is 2.20. The lowest BCUT2D eigenvalue weighted by molar-refractivity contribution is -0.120. The maximum atomic E-state index is 12.6. The maximum absolute atomic E-state index is 12.6. The van der Waals surface area contributed by atoms with E-state index in [1.807, 2.05) is 19.1 Å². The Morgan fingerprint density at radius 1 is 0.960 bits per heavy atom. The summed E-state index contributed by atoms with van der Waals surface area (Å²) in [6.07, 6.45) is 6.31. The van der Waals surface area contributed by atoms with Crippen molar-refractivity contribution < 1.29 is 9.53 Å². The summed E-state index contributed by atoms with van der Waals surface area (Å²) in [5, 5.41) is 3.08. The Balaban J connectivity index is 1.54. The summed E-state index contributed by atoms with van der Waals surface area (Å²) in [6.45, 7) is 7.52. The molecule has 5 heteroatoms. The Bertz CT molecular complexity index is 532. The maximum Gasteiger partial charge on any atom is 0.241 e. The van der Waals surface area contributed by atoms with Crippen molar-refractivity contribution in [2.45, 2.75) is 45.1 Å². The summed E-state index contributed by atoms with van der Waals surface area (Å²) < 4.78 is 5.39. The molecule has 2 aliphatic rings. The smallest absolute Gasteiger partial charge is 0.241 e. The number of ether oxygens (including phenoxy) is 1. The molecule has 1 amide bonds. The summed E-state index contributed by atoms with van der Waals surface area (Å²) in [4.78, 5) is 17.3. The summed E-state index contributed by atoms with van der Waals surface area (Å²) >= 11 is 0. The highest BCUT2D eigenvalue weighted by Gasteiger charge is 2.21. The lowest BCUT2D eigenvalue weighted by Crippen LogP contribution is -2.43. The van der Waals surface area contributed by atoms with Crippen LogP contribution in [-0.4, -0.2) is 56.2 Å². The molecule has 1 aromatic carbocycles. The molecule has 0 bridgehead atoms. The van der Waals surface area contributed by atoms with Crippen LogP contribution in [0.5, 0.6) is 0 Å². The largest absolute Gasteiger partial charge is 0.378 e. The van der Waals surface area contributed by atoms with Gasteiger partial charge in [0.05, 0.1) is 19.3 Å². The van der Waals surface area contributed by atoms with Crippen molar-refractivity contribution in [3.8, 4) is 0 Å². The average molecular weight is 345 g/mol. The van der Waals surface area contributed by atoms with Crippen molar-refractivity contribution in [3.63, 3.8) is 0 Å². The highest BCUT2D eigenvalue weighted by atomic mass is 16.5. The van der Waals surface area contributed by atoms with E-state index >= 15 is 0 Å². The predicted octanol–water partition coefficient (Wildman–Crippen LogP) is 3.12. The fraction of sp³-hybridized carbons (Fsp3) is 0.650. The Kier molecular flexibility index (Phi) is 6.70. The molecular weight excluding hydrogens is 314 g/mol. The number of nitrogens with zero attached hydrogens (tertiary/aromatic N) is 2. The van der Waals surface area contributed by atoms with Crippen molar-refractivity contribution in [2.75, 3.05) is 49.6 Å². The molecule has 1 N–H and O–H groups in total. The van der Waals surface area contributed by atoms with Gasteiger partial charge in [-0.3, -0.25) is 9.69 Å². The molecule has 3 rings (SSSR count). The van der Waals surface area contributed by atoms with Gasteiger partial charge in [-0.1, -0.05) is 19.3 Å². The lowest BCUT2D eigenvalue weighted by Gasteiger charge is -2.30. The van der Waals surface area contributed by atoms with Crippen LogP contribution in [0.4, 0.5) is 11.4 Å². The molecule has 25 heavy (non-hydrogen) atoms. The standard InChI is InChI=1S/C20H31N3O2/c1-17(22-11-5-3-2-4-6-12-22)20(24)21-18-7-9-19(10-8-18)23-13-15-25-16-14-23/h7-10,17H,2-6,11-16H2,1H3,(H,21,24)/t17-/m1/s1. The molecule has 2 heterocycles. The monoisotopic (exact) mass is 345 g/mol. The second-order valence-electron chi connectivity index (χ2n) is 7.12. The minimum absolute atomic E-state index is 0.0722. The number of hydrogen-bond donors (Lipinski definition) is 1. The number of hydrogen-bond acceptors (Lipinski definition) is 4. The number of likely N-dealkylation sites (tertiary alicyclic amines) is 1. The first kappa shape index (κ1) is 18.2. The molecule has 0 spiro atoms. The number of benzene rings is 1. The van der Waals surface area contributed by atoms with Gasteiger partial charge in [0, 0.05) is 24.5 Å². The van der Waals surface area contributed by atoms with Crippen LogP contribution in [0.1, 0.15) is 39.0 Å². The second kappa shape index (κ2) is 9.20. The number of nitrogens with one attached hydrogen (secondary N) is 1. The van der Waals surface area contributed by atoms with Gasteiger partial charge in [-0.15, -0.1) is 0 Å². The van der Waals surface area contributed by atoms with Crippen molar-refractivity contribution in [1.29, 1.82) is 0 Å². The predicted molar refractivity (Wildman–Crippen MR) is 102 cm³/mol. The first-order chi connectivity index (χ1) is 12.2. The topological polar surface area (TPSA) is 44.8 Å². The van der Waals surface area contributed by atoms with Gasteiger partial charge in [-0.2, -0.15) is 0 Å². The molecule has 2 saturated heterocycles. The van der Waals surface area contributed by atoms with E-state index in [4.69, 9.17) is 4.74 Å². The fourth-order valence-corrected chi connectivity index (χ4v) is 3.65. The van der Waals surface area contributed by atoms with E-state index in [-0.39, 0.29) is 11.9 Å². The van der Waals surface area contributed by atoms with Crippen molar-refractivity contribution in [1.82, 2.24) is 4.90 Å². The molecule has 5 nitrogen and oxygen atoms in total. The third-order valence-corrected chi connectivity index (χ3v) is 5.33. The molecule has 0 unspecified atom stereocenters. The van der Waals surface area contributed by atoms with Crippen LogP contribution in [0.2, 0.25) is 0 Å². The van der Waals surface area contributed by atoms with Crippen LogP contribution in [-0.2, 0) is 9.53 Å². The van der Waals surface area contributed by atoms with Gasteiger partial charge < -0.3 is 15.0 Å². The first-order valence-corrected chi connectivity index (χ1v) is 9.72. The second-order valence-corrected chi connectivity index (χ2v) is 7.12. The van der Waals surface area contributed by atoms with E-state index in [2.05, 4.69) is 27.2 Å². The summed E-state index contributed by atoms with van der Waals surface area (Å²) in [5.74, 6) is 0.0969. The minimum Gasteiger partial charge on any atom is -0.378 e. The summed E-state index contributed by atoms with van der Waals surface area (Å²) in [7, 11) is 0. The van der Waals surface area contributed by atoms with Crippen LogP contribution in [0.25, 0.3) is 0 Å². The van der Waals surface area contributed by atoms with Gasteiger partial charge in [0.25, 0.3) is 0 Å². The van der Waals surface area contributed by atoms with Crippen molar-refractivity contribution >= 4 is 17.3 Å². The van der Waals surface area contributed by atoms with E-state index in [9.17, 15) is 4.79 Å². The minimum atomic E-state index is -0.0722. The molecule has 1 aromatic rings. The Morgan fingerprint density at radius 2 is 1.56 bits per heavy atom. The molecule has 0 aromatic heterocycles. The van der Waals surface area contributed by atoms with Gasteiger partial charge in [-0.05, 0) is 57.1 Å². The van der Waals surface area contributed by atoms with Crippen LogP contribution < -0.4 is 10.2 Å². The molecule has 0 aliphatic carbocycles. The zero-order chi connectivity index (χ0) is 17.5. The zero-order valence-electron chi connectivity index (χ0n) is 15.4. The van der Waals surface area contributed by atoms with Crippen LogP contribution in [0, 0.1) is 0 Å². The zero-order valence-corrected chi connectivity index (χ0v) is 15.4. The number of rotatable bonds is 4. The van der Waals surface area contributed by atoms with E-state index in [0.29, 0.717) is 0 Å². The average Bonchev–Trinajstić information content (AvgIpc) is 2.62. The quantitative estimate of drug-likeness (QED) is 0.911. The van der Waals surface area contributed by atoms with Gasteiger partial charge >= 0.3 is 0 Å². The SMILES string of the molecule is C[C@H](C(=O)Nc1ccc(N2CCOCC2)cc1)N1CCCCCCC1. The molecule has 138 valence electrons. The Morgan fingerprint density at radius 3 is 2.20 bits per heavy atom. The molecular formula is C20H31N3O2. The van der Waals surface area contributed by atoms with Gasteiger partial charge in [0.15, 0.2) is 0 Å². The third-order valence-electron chi connectivity index (χ3n) is 5.33. The van der Waals surface area contributed by atoms with E-state index in [1.165, 1.54) is 37.8 Å². The van der Waals surface area contributed by atoms with E-state index in [0.717, 1.165) is 45.1 Å². The normalized spacial score (nSPS) is 21.2. The number of amides is 1.